The van der Waals surface area contributed by atoms with Crippen LogP contribution in [0.1, 0.15) is 39.3 Å². The zero-order valence-corrected chi connectivity index (χ0v) is 18.5. The fourth-order valence-corrected chi connectivity index (χ4v) is 5.22. The first kappa shape index (κ1) is 20.7. The van der Waals surface area contributed by atoms with Crippen LogP contribution >= 0.6 is 11.3 Å². The van der Waals surface area contributed by atoms with Gasteiger partial charge in [-0.2, -0.15) is 0 Å². The van der Waals surface area contributed by atoms with Crippen molar-refractivity contribution < 1.29 is 14.6 Å². The smallest absolute Gasteiger partial charge is 0.256 e. The first-order valence-electron chi connectivity index (χ1n) is 10.7. The van der Waals surface area contributed by atoms with E-state index in [4.69, 9.17) is 0 Å². The summed E-state index contributed by atoms with van der Waals surface area (Å²) in [5.41, 5.74) is 3.17. The number of hydrogen-bond acceptors (Lipinski definition) is 3. The van der Waals surface area contributed by atoms with Crippen LogP contribution in [0.2, 0.25) is 0 Å². The summed E-state index contributed by atoms with van der Waals surface area (Å²) in [6, 6.07) is 16.2. The van der Waals surface area contributed by atoms with Gasteiger partial charge in [-0.25, -0.2) is 0 Å². The molecule has 1 atom stereocenters. The Morgan fingerprint density at radius 3 is 2.47 bits per heavy atom. The Morgan fingerprint density at radius 1 is 1.10 bits per heavy atom. The molecule has 3 heterocycles. The molecule has 1 amide bonds. The molecule has 0 saturated carbocycles. The van der Waals surface area contributed by atoms with Gasteiger partial charge >= 0.3 is 0 Å². The van der Waals surface area contributed by atoms with Crippen molar-refractivity contribution in [2.24, 2.45) is 0 Å². The van der Waals surface area contributed by atoms with E-state index in [1.165, 1.54) is 16.0 Å². The minimum atomic E-state index is -0.0485. The normalized spacial score (nSPS) is 19.9. The van der Waals surface area contributed by atoms with E-state index >= 15 is 0 Å². The Kier molecular flexibility index (Phi) is 6.57. The van der Waals surface area contributed by atoms with Crippen LogP contribution in [-0.2, 0) is 6.42 Å². The highest BCUT2D eigenvalue weighted by molar-refractivity contribution is 7.16. The van der Waals surface area contributed by atoms with Crippen LogP contribution in [0.4, 0.5) is 5.00 Å². The van der Waals surface area contributed by atoms with Gasteiger partial charge in [-0.3, -0.25) is 9.78 Å². The summed E-state index contributed by atoms with van der Waals surface area (Å²) in [7, 11) is 2.27. The second-order valence-electron chi connectivity index (χ2n) is 8.00. The first-order chi connectivity index (χ1) is 14.7. The fraction of sp³-hybridized carbons (Fsp3) is 0.333. The maximum Gasteiger partial charge on any atom is 0.256 e. The molecule has 4 rings (SSSR count). The molecule has 3 N–H and O–H groups in total. The molecule has 1 unspecified atom stereocenters. The van der Waals surface area contributed by atoms with Crippen LogP contribution in [0.3, 0.4) is 0 Å². The van der Waals surface area contributed by atoms with Crippen molar-refractivity contribution in [3.8, 4) is 0 Å². The van der Waals surface area contributed by atoms with Gasteiger partial charge in [0.2, 0.25) is 0 Å². The van der Waals surface area contributed by atoms with Gasteiger partial charge in [0.25, 0.3) is 5.91 Å². The summed E-state index contributed by atoms with van der Waals surface area (Å²) in [6.07, 6.45) is 4.71. The second kappa shape index (κ2) is 9.51. The van der Waals surface area contributed by atoms with Crippen LogP contribution in [0, 0.1) is 0 Å². The molecule has 30 heavy (non-hydrogen) atoms. The summed E-state index contributed by atoms with van der Waals surface area (Å²) in [5.74, 6) is -0.0485. The Labute approximate surface area is 182 Å². The Hall–Kier alpha value is -2.54. The van der Waals surface area contributed by atoms with Crippen LogP contribution in [0.15, 0.2) is 60.9 Å². The topological polar surface area (TPSA) is 50.9 Å². The molecule has 5 nitrogen and oxygen atoms in total. The number of carbonyl (C=O) groups is 1. The fourth-order valence-electron chi connectivity index (χ4n) is 4.19. The number of likely N-dealkylation sites (N-methyl/N-ethyl adjacent to an activating group) is 1. The lowest BCUT2D eigenvalue weighted by Gasteiger charge is -2.33. The van der Waals surface area contributed by atoms with Crippen LogP contribution in [0.5, 0.6) is 0 Å². The minimum absolute atomic E-state index is 0.0485. The van der Waals surface area contributed by atoms with Gasteiger partial charge in [0.05, 0.1) is 7.05 Å². The maximum absolute atomic E-state index is 12.9. The number of nitrogens with one attached hydrogen (secondary N) is 3. The van der Waals surface area contributed by atoms with Crippen molar-refractivity contribution in [1.29, 1.82) is 0 Å². The molecule has 3 aromatic rings. The van der Waals surface area contributed by atoms with Gasteiger partial charge in [0.1, 0.15) is 37.2 Å². The molecular weight excluding hydrogens is 392 g/mol. The third-order valence-electron chi connectivity index (χ3n) is 5.93. The number of hydrogen-bond donors (Lipinski definition) is 3. The predicted octanol–water partition coefficient (Wildman–Crippen LogP) is 1.46. The number of anilines is 1. The van der Waals surface area contributed by atoms with E-state index in [0.29, 0.717) is 5.56 Å². The molecule has 1 aromatic carbocycles. The van der Waals surface area contributed by atoms with E-state index in [0.717, 1.165) is 37.6 Å². The summed E-state index contributed by atoms with van der Waals surface area (Å²) in [5, 5.41) is 4.20. The molecule has 0 aliphatic carbocycles. The molecular formula is C24H30N4OS+2. The van der Waals surface area contributed by atoms with Crippen molar-refractivity contribution in [2.75, 3.05) is 38.5 Å². The molecule has 0 bridgehead atoms. The molecule has 1 aliphatic heterocycles. The quantitative estimate of drug-likeness (QED) is 0.563. The molecule has 0 spiro atoms. The second-order valence-corrected chi connectivity index (χ2v) is 9.14. The van der Waals surface area contributed by atoms with E-state index in [1.807, 2.05) is 42.7 Å². The number of rotatable bonds is 6. The monoisotopic (exact) mass is 422 g/mol. The van der Waals surface area contributed by atoms with Crippen molar-refractivity contribution in [3.05, 3.63) is 82.5 Å². The number of piperazine rings is 1. The molecule has 1 saturated heterocycles. The van der Waals surface area contributed by atoms with Crippen molar-refractivity contribution in [1.82, 2.24) is 4.98 Å². The Morgan fingerprint density at radius 2 is 1.80 bits per heavy atom. The lowest BCUT2D eigenvalue weighted by atomic mass is 9.98. The first-order valence-corrected chi connectivity index (χ1v) is 11.5. The van der Waals surface area contributed by atoms with Crippen molar-refractivity contribution in [3.63, 3.8) is 0 Å². The number of carbonyl (C=O) groups excluding carboxylic acids is 1. The zero-order chi connectivity index (χ0) is 20.9. The summed E-state index contributed by atoms with van der Waals surface area (Å²) >= 11 is 1.70. The highest BCUT2D eigenvalue weighted by Crippen LogP contribution is 2.35. The predicted molar refractivity (Wildman–Crippen MR) is 121 cm³/mol. The molecule has 2 aromatic heterocycles. The third kappa shape index (κ3) is 4.61. The van der Waals surface area contributed by atoms with E-state index in [9.17, 15) is 4.79 Å². The number of pyridine rings is 1. The molecule has 1 fully saturated rings. The van der Waals surface area contributed by atoms with Gasteiger partial charge < -0.3 is 15.1 Å². The number of amides is 1. The highest BCUT2D eigenvalue weighted by atomic mass is 32.1. The Bertz CT molecular complexity index is 965. The number of aryl methyl sites for hydroxylation is 1. The average molecular weight is 423 g/mol. The SMILES string of the molecule is CCc1cc(C(c2ccncc2)[NH+]2CC[NH+](C)CC2)c(NC(=O)c2ccccc2)s1. The van der Waals surface area contributed by atoms with Crippen LogP contribution < -0.4 is 15.1 Å². The lowest BCUT2D eigenvalue weighted by molar-refractivity contribution is -1.02. The van der Waals surface area contributed by atoms with Crippen molar-refractivity contribution >= 4 is 22.2 Å². The van der Waals surface area contributed by atoms with Gasteiger partial charge in [0.15, 0.2) is 0 Å². The third-order valence-corrected chi connectivity index (χ3v) is 7.14. The largest absolute Gasteiger partial charge is 0.328 e. The zero-order valence-electron chi connectivity index (χ0n) is 17.7. The van der Waals surface area contributed by atoms with Gasteiger partial charge in [-0.1, -0.05) is 25.1 Å². The summed E-state index contributed by atoms with van der Waals surface area (Å²) < 4.78 is 0. The van der Waals surface area contributed by atoms with Crippen LogP contribution in [0.25, 0.3) is 0 Å². The number of aromatic nitrogens is 1. The summed E-state index contributed by atoms with van der Waals surface area (Å²) in [4.78, 5) is 21.6. The molecule has 6 heteroatoms. The molecule has 1 aliphatic rings. The molecule has 156 valence electrons. The maximum atomic E-state index is 12.9. The number of quaternary nitrogens is 2. The Balaban J connectivity index is 1.71. The van der Waals surface area contributed by atoms with Gasteiger partial charge in [-0.15, -0.1) is 11.3 Å². The van der Waals surface area contributed by atoms with Crippen LogP contribution in [-0.4, -0.2) is 44.1 Å². The van der Waals surface area contributed by atoms with Crippen molar-refractivity contribution in [2.45, 2.75) is 19.4 Å². The van der Waals surface area contributed by atoms with E-state index in [-0.39, 0.29) is 11.9 Å². The highest BCUT2D eigenvalue weighted by Gasteiger charge is 2.33. The number of benzene rings is 1. The number of thiophene rings is 1. The lowest BCUT2D eigenvalue weighted by Crippen LogP contribution is -3.27. The van der Waals surface area contributed by atoms with E-state index < -0.39 is 0 Å². The average Bonchev–Trinajstić information content (AvgIpc) is 3.19. The van der Waals surface area contributed by atoms with E-state index in [2.05, 4.69) is 42.5 Å². The minimum Gasteiger partial charge on any atom is -0.328 e. The summed E-state index contributed by atoms with van der Waals surface area (Å²) in [6.45, 7) is 6.72. The van der Waals surface area contributed by atoms with Gasteiger partial charge in [0, 0.05) is 34.0 Å². The molecule has 0 radical (unpaired) electrons. The van der Waals surface area contributed by atoms with Gasteiger partial charge in [-0.05, 0) is 36.8 Å². The van der Waals surface area contributed by atoms with E-state index in [1.54, 1.807) is 21.1 Å². The standard InChI is InChI=1S/C24H28N4OS/c1-3-20-17-21(24(30-20)26-23(29)19-7-5-4-6-8-19)22(18-9-11-25-12-10-18)28-15-13-27(2)14-16-28/h4-12,17,22H,3,13-16H2,1-2H3,(H,26,29)/p+2. The number of nitrogens with zero attached hydrogens (tertiary/aromatic N) is 1.